The zero-order chi connectivity index (χ0) is 9.68. The summed E-state index contributed by atoms with van der Waals surface area (Å²) >= 11 is 0. The third kappa shape index (κ3) is 2.82. The molecule has 0 aromatic carbocycles. The molecule has 0 aliphatic rings. The molecule has 1 aromatic heterocycles. The van der Waals surface area contributed by atoms with E-state index in [1.807, 2.05) is 24.0 Å². The molecule has 4 heteroatoms. The van der Waals surface area contributed by atoms with Gasteiger partial charge in [-0.1, -0.05) is 0 Å². The highest BCUT2D eigenvalue weighted by Gasteiger charge is 2.06. The van der Waals surface area contributed by atoms with E-state index in [9.17, 15) is 0 Å². The van der Waals surface area contributed by atoms with E-state index in [1.54, 1.807) is 0 Å². The predicted octanol–water partition coefficient (Wildman–Crippen LogP) is 0.419. The summed E-state index contributed by atoms with van der Waals surface area (Å²) in [6.45, 7) is 3.83. The van der Waals surface area contributed by atoms with Crippen molar-refractivity contribution in [3.05, 3.63) is 18.0 Å². The fraction of sp³-hybridized carbons (Fsp3) is 0.667. The first-order valence-corrected chi connectivity index (χ1v) is 4.67. The Kier molecular flexibility index (Phi) is 3.92. The molecule has 1 unspecified atom stereocenters. The molecule has 0 saturated heterocycles. The van der Waals surface area contributed by atoms with E-state index in [2.05, 4.69) is 17.3 Å². The average molecular weight is 182 g/mol. The van der Waals surface area contributed by atoms with Gasteiger partial charge in [0.15, 0.2) is 0 Å². The van der Waals surface area contributed by atoms with Gasteiger partial charge in [0.25, 0.3) is 0 Å². The van der Waals surface area contributed by atoms with E-state index in [0.717, 1.165) is 19.5 Å². The van der Waals surface area contributed by atoms with Crippen LogP contribution in [-0.2, 0) is 7.05 Å². The van der Waals surface area contributed by atoms with Gasteiger partial charge in [-0.3, -0.25) is 4.68 Å². The molecule has 0 saturated carbocycles. The Morgan fingerprint density at radius 1 is 1.69 bits per heavy atom. The quantitative estimate of drug-likeness (QED) is 0.649. The number of hydrogen-bond acceptors (Lipinski definition) is 3. The predicted molar refractivity (Wildman–Crippen MR) is 53.3 cm³/mol. The molecule has 0 radical (unpaired) electrons. The van der Waals surface area contributed by atoms with Crippen LogP contribution in [0.15, 0.2) is 12.3 Å². The van der Waals surface area contributed by atoms with Crippen LogP contribution in [0.1, 0.15) is 25.1 Å². The zero-order valence-electron chi connectivity index (χ0n) is 8.33. The summed E-state index contributed by atoms with van der Waals surface area (Å²) in [5.74, 6) is 0. The van der Waals surface area contributed by atoms with Crippen LogP contribution >= 0.6 is 0 Å². The van der Waals surface area contributed by atoms with Gasteiger partial charge in [-0.2, -0.15) is 5.10 Å². The maximum atomic E-state index is 5.41. The Hall–Kier alpha value is -0.870. The van der Waals surface area contributed by atoms with Gasteiger partial charge in [-0.15, -0.1) is 0 Å². The van der Waals surface area contributed by atoms with Crippen LogP contribution in [0.5, 0.6) is 0 Å². The van der Waals surface area contributed by atoms with Crippen molar-refractivity contribution < 1.29 is 0 Å². The summed E-state index contributed by atoms with van der Waals surface area (Å²) in [5.41, 5.74) is 6.61. The summed E-state index contributed by atoms with van der Waals surface area (Å²) in [6.07, 6.45) is 2.83. The number of aryl methyl sites for hydroxylation is 1. The van der Waals surface area contributed by atoms with Gasteiger partial charge < -0.3 is 11.1 Å². The van der Waals surface area contributed by atoms with Crippen molar-refractivity contribution in [1.82, 2.24) is 15.1 Å². The minimum atomic E-state index is 0.346. The topological polar surface area (TPSA) is 55.9 Å². The first kappa shape index (κ1) is 10.2. The summed E-state index contributed by atoms with van der Waals surface area (Å²) in [5, 5.41) is 7.50. The van der Waals surface area contributed by atoms with Crippen LogP contribution in [-0.4, -0.2) is 22.9 Å². The second kappa shape index (κ2) is 4.99. The molecular weight excluding hydrogens is 164 g/mol. The number of rotatable bonds is 5. The first-order valence-electron chi connectivity index (χ1n) is 4.67. The van der Waals surface area contributed by atoms with Gasteiger partial charge in [0.2, 0.25) is 0 Å². The molecule has 0 fully saturated rings. The van der Waals surface area contributed by atoms with E-state index in [0.29, 0.717) is 6.04 Å². The van der Waals surface area contributed by atoms with Crippen LogP contribution in [0.3, 0.4) is 0 Å². The molecule has 0 aliphatic carbocycles. The molecule has 4 nitrogen and oxygen atoms in total. The number of nitrogens with zero attached hydrogens (tertiary/aromatic N) is 2. The van der Waals surface area contributed by atoms with Crippen molar-refractivity contribution >= 4 is 0 Å². The highest BCUT2D eigenvalue weighted by atomic mass is 15.3. The molecule has 3 N–H and O–H groups in total. The Morgan fingerprint density at radius 3 is 3.00 bits per heavy atom. The SMILES string of the molecule is CC(NCCCN)c1ccnn1C. The third-order valence-corrected chi connectivity index (χ3v) is 2.13. The molecule has 0 bridgehead atoms. The van der Waals surface area contributed by atoms with Crippen molar-refractivity contribution in [3.8, 4) is 0 Å². The Balaban J connectivity index is 2.39. The minimum absolute atomic E-state index is 0.346. The van der Waals surface area contributed by atoms with E-state index in [-0.39, 0.29) is 0 Å². The highest BCUT2D eigenvalue weighted by Crippen LogP contribution is 2.09. The lowest BCUT2D eigenvalue weighted by molar-refractivity contribution is 0.523. The van der Waals surface area contributed by atoms with Gasteiger partial charge in [-0.25, -0.2) is 0 Å². The number of nitrogens with one attached hydrogen (secondary N) is 1. The molecule has 0 aliphatic heterocycles. The second-order valence-electron chi connectivity index (χ2n) is 3.20. The van der Waals surface area contributed by atoms with Gasteiger partial charge in [0.05, 0.1) is 5.69 Å². The summed E-state index contributed by atoms with van der Waals surface area (Å²) in [6, 6.07) is 2.37. The molecule has 0 spiro atoms. The molecule has 0 amide bonds. The van der Waals surface area contributed by atoms with E-state index in [4.69, 9.17) is 5.73 Å². The third-order valence-electron chi connectivity index (χ3n) is 2.13. The smallest absolute Gasteiger partial charge is 0.0547 e. The van der Waals surface area contributed by atoms with Crippen LogP contribution in [0.2, 0.25) is 0 Å². The lowest BCUT2D eigenvalue weighted by Gasteiger charge is -2.13. The number of nitrogens with two attached hydrogens (primary N) is 1. The van der Waals surface area contributed by atoms with E-state index in [1.165, 1.54) is 5.69 Å². The summed E-state index contributed by atoms with van der Waals surface area (Å²) < 4.78 is 1.89. The lowest BCUT2D eigenvalue weighted by Crippen LogP contribution is -2.23. The minimum Gasteiger partial charge on any atom is -0.330 e. The fourth-order valence-electron chi connectivity index (χ4n) is 1.33. The molecule has 13 heavy (non-hydrogen) atoms. The number of aromatic nitrogens is 2. The van der Waals surface area contributed by atoms with Gasteiger partial charge in [-0.05, 0) is 32.5 Å². The Morgan fingerprint density at radius 2 is 2.46 bits per heavy atom. The van der Waals surface area contributed by atoms with E-state index >= 15 is 0 Å². The van der Waals surface area contributed by atoms with Crippen LogP contribution in [0.25, 0.3) is 0 Å². The molecule has 1 aromatic rings. The van der Waals surface area contributed by atoms with Gasteiger partial charge in [0, 0.05) is 19.3 Å². The van der Waals surface area contributed by atoms with Crippen molar-refractivity contribution in [2.45, 2.75) is 19.4 Å². The van der Waals surface area contributed by atoms with Crippen LogP contribution < -0.4 is 11.1 Å². The highest BCUT2D eigenvalue weighted by molar-refractivity contribution is 5.04. The van der Waals surface area contributed by atoms with Crippen molar-refractivity contribution in [1.29, 1.82) is 0 Å². The molecule has 1 atom stereocenters. The average Bonchev–Trinajstić information content (AvgIpc) is 2.52. The fourth-order valence-corrected chi connectivity index (χ4v) is 1.33. The van der Waals surface area contributed by atoms with Gasteiger partial charge >= 0.3 is 0 Å². The molecular formula is C9H18N4. The number of hydrogen-bond donors (Lipinski definition) is 2. The van der Waals surface area contributed by atoms with Crippen molar-refractivity contribution in [2.75, 3.05) is 13.1 Å². The van der Waals surface area contributed by atoms with E-state index < -0.39 is 0 Å². The van der Waals surface area contributed by atoms with Crippen LogP contribution in [0, 0.1) is 0 Å². The molecule has 74 valence electrons. The lowest BCUT2D eigenvalue weighted by atomic mass is 10.2. The summed E-state index contributed by atoms with van der Waals surface area (Å²) in [7, 11) is 1.95. The van der Waals surface area contributed by atoms with Crippen LogP contribution in [0.4, 0.5) is 0 Å². The molecule has 1 rings (SSSR count). The largest absolute Gasteiger partial charge is 0.330 e. The van der Waals surface area contributed by atoms with Crippen molar-refractivity contribution in [2.24, 2.45) is 12.8 Å². The van der Waals surface area contributed by atoms with Crippen molar-refractivity contribution in [3.63, 3.8) is 0 Å². The summed E-state index contributed by atoms with van der Waals surface area (Å²) in [4.78, 5) is 0. The monoisotopic (exact) mass is 182 g/mol. The first-order chi connectivity index (χ1) is 6.25. The zero-order valence-corrected chi connectivity index (χ0v) is 8.33. The Labute approximate surface area is 79.1 Å². The maximum absolute atomic E-state index is 5.41. The maximum Gasteiger partial charge on any atom is 0.0547 e. The van der Waals surface area contributed by atoms with Gasteiger partial charge in [0.1, 0.15) is 0 Å². The second-order valence-corrected chi connectivity index (χ2v) is 3.20. The Bertz CT molecular complexity index is 244. The standard InChI is InChI=1S/C9H18N4/c1-8(11-6-3-5-10)9-4-7-12-13(9)2/h4,7-8,11H,3,5-6,10H2,1-2H3. The normalized spacial score (nSPS) is 13.2. The molecule has 1 heterocycles.